The van der Waals surface area contributed by atoms with Crippen molar-refractivity contribution in [3.8, 4) is 17.0 Å². The van der Waals surface area contributed by atoms with Gasteiger partial charge in [0.1, 0.15) is 5.75 Å². The molecular weight excluding hydrogens is 471 g/mol. The molecule has 3 heterocycles. The van der Waals surface area contributed by atoms with Crippen molar-refractivity contribution < 1.29 is 38.1 Å². The van der Waals surface area contributed by atoms with Gasteiger partial charge in [-0.25, -0.2) is 9.59 Å². The van der Waals surface area contributed by atoms with E-state index in [9.17, 15) is 33.0 Å². The van der Waals surface area contributed by atoms with E-state index in [4.69, 9.17) is 9.90 Å². The molecule has 1 aromatic carbocycles. The molecule has 0 saturated carbocycles. The number of hydrogen-bond donors (Lipinski definition) is 5. The summed E-state index contributed by atoms with van der Waals surface area (Å²) < 4.78 is 31.7. The first kappa shape index (κ1) is 25.8. The van der Waals surface area contributed by atoms with E-state index in [-0.39, 0.29) is 0 Å². The van der Waals surface area contributed by atoms with Crippen LogP contribution in [0.2, 0.25) is 0 Å². The second-order valence-corrected chi connectivity index (χ2v) is 8.07. The van der Waals surface area contributed by atoms with Crippen molar-refractivity contribution >= 4 is 22.8 Å². The summed E-state index contributed by atoms with van der Waals surface area (Å²) in [6.45, 7) is 4.94. The molecule has 188 valence electrons. The number of aliphatic carboxylic acids is 1. The second-order valence-electron chi connectivity index (χ2n) is 8.07. The molecule has 12 heteroatoms. The normalized spacial score (nSPS) is 14.1. The van der Waals surface area contributed by atoms with E-state index in [2.05, 4.69) is 20.9 Å². The summed E-state index contributed by atoms with van der Waals surface area (Å²) in [5, 5.41) is 27.7. The number of pyridine rings is 1. The molecule has 2 aromatic heterocycles. The summed E-state index contributed by atoms with van der Waals surface area (Å²) in [4.78, 5) is 40.9. The Kier molecular flexibility index (Phi) is 7.54. The third-order valence-electron chi connectivity index (χ3n) is 5.66. The predicted molar refractivity (Wildman–Crippen MR) is 121 cm³/mol. The van der Waals surface area contributed by atoms with Crippen LogP contribution in [0.25, 0.3) is 22.2 Å². The number of nitrogens with one attached hydrogen (secondary N) is 2. The molecule has 1 aliphatic rings. The molecule has 5 N–H and O–H groups in total. The van der Waals surface area contributed by atoms with Crippen molar-refractivity contribution in [2.75, 3.05) is 13.1 Å². The number of hydrogen-bond acceptors (Lipinski definition) is 5. The van der Waals surface area contributed by atoms with Gasteiger partial charge in [0, 0.05) is 28.7 Å². The molecule has 1 fully saturated rings. The average Bonchev–Trinajstić information content (AvgIpc) is 3.41. The van der Waals surface area contributed by atoms with E-state index in [0.29, 0.717) is 17.7 Å². The highest BCUT2D eigenvalue weighted by molar-refractivity contribution is 5.92. The summed E-state index contributed by atoms with van der Waals surface area (Å²) in [6.07, 6.45) is -2.20. The smallest absolute Gasteiger partial charge is 0.490 e. The molecule has 0 amide bonds. The van der Waals surface area contributed by atoms with Crippen LogP contribution in [0.1, 0.15) is 41.4 Å². The lowest BCUT2D eigenvalue weighted by Gasteiger charge is -2.12. The van der Waals surface area contributed by atoms with Crippen LogP contribution in [0, 0.1) is 0 Å². The summed E-state index contributed by atoms with van der Waals surface area (Å²) >= 11 is 0. The lowest BCUT2D eigenvalue weighted by Crippen LogP contribution is -2.21. The number of aromatic carboxylic acids is 1. The molecule has 9 nitrogen and oxygen atoms in total. The van der Waals surface area contributed by atoms with Gasteiger partial charge < -0.3 is 25.3 Å². The van der Waals surface area contributed by atoms with Crippen LogP contribution in [0.15, 0.2) is 29.1 Å². The van der Waals surface area contributed by atoms with Crippen LogP contribution in [-0.4, -0.2) is 61.4 Å². The number of aromatic hydroxyl groups is 1. The van der Waals surface area contributed by atoms with Gasteiger partial charge in [0.15, 0.2) is 5.56 Å². The van der Waals surface area contributed by atoms with Gasteiger partial charge in [-0.1, -0.05) is 13.0 Å². The zero-order valence-corrected chi connectivity index (χ0v) is 18.7. The van der Waals surface area contributed by atoms with Crippen molar-refractivity contribution in [3.63, 3.8) is 0 Å². The fraction of sp³-hybridized carbons (Fsp3) is 0.348. The second kappa shape index (κ2) is 10.2. The predicted octanol–water partition coefficient (Wildman–Crippen LogP) is 3.72. The number of benzene rings is 1. The van der Waals surface area contributed by atoms with E-state index < -0.39 is 35.0 Å². The molecule has 4 rings (SSSR count). The van der Waals surface area contributed by atoms with Gasteiger partial charge >= 0.3 is 18.1 Å². The van der Waals surface area contributed by atoms with Crippen LogP contribution in [-0.2, 0) is 17.8 Å². The topological polar surface area (TPSA) is 147 Å². The van der Waals surface area contributed by atoms with Gasteiger partial charge in [0.2, 0.25) is 0 Å². The minimum absolute atomic E-state index is 0.392. The van der Waals surface area contributed by atoms with Gasteiger partial charge in [-0.2, -0.15) is 13.2 Å². The van der Waals surface area contributed by atoms with Crippen molar-refractivity contribution in [3.05, 3.63) is 51.4 Å². The number of aromatic amines is 2. The van der Waals surface area contributed by atoms with Crippen molar-refractivity contribution in [1.29, 1.82) is 0 Å². The molecule has 0 aliphatic carbocycles. The Balaban J connectivity index is 0.000000429. The molecule has 3 aromatic rings. The Morgan fingerprint density at radius 1 is 1.09 bits per heavy atom. The molecule has 1 aliphatic heterocycles. The number of aromatic nitrogens is 2. The van der Waals surface area contributed by atoms with Gasteiger partial charge in [-0.05, 0) is 56.1 Å². The monoisotopic (exact) mass is 495 g/mol. The first-order valence-corrected chi connectivity index (χ1v) is 10.8. The maximum absolute atomic E-state index is 12.2. The van der Waals surface area contributed by atoms with Crippen LogP contribution >= 0.6 is 0 Å². The highest BCUT2D eigenvalue weighted by Gasteiger charge is 2.38. The number of carboxylic acid groups (broad SMARTS) is 2. The molecule has 35 heavy (non-hydrogen) atoms. The van der Waals surface area contributed by atoms with E-state index in [0.717, 1.165) is 41.8 Å². The van der Waals surface area contributed by atoms with Crippen LogP contribution in [0.4, 0.5) is 13.2 Å². The number of H-pyrrole nitrogens is 2. The number of rotatable bonds is 5. The number of alkyl halides is 3. The Labute approximate surface area is 196 Å². The SMILES string of the molecule is CCc1c(-c2ccc3[nH]c(CN4CCCC4)cc3c2)[nH]c(=O)c(C(=O)O)c1O.O=C(O)C(F)(F)F. The summed E-state index contributed by atoms with van der Waals surface area (Å²) in [6, 6.07) is 7.86. The van der Waals surface area contributed by atoms with Crippen LogP contribution < -0.4 is 5.56 Å². The van der Waals surface area contributed by atoms with E-state index in [1.807, 2.05) is 25.1 Å². The average molecular weight is 495 g/mol. The zero-order chi connectivity index (χ0) is 25.9. The third kappa shape index (κ3) is 5.83. The Bertz CT molecular complexity index is 1310. The Morgan fingerprint density at radius 3 is 2.26 bits per heavy atom. The minimum Gasteiger partial charge on any atom is -0.506 e. The maximum Gasteiger partial charge on any atom is 0.490 e. The van der Waals surface area contributed by atoms with Crippen LogP contribution in [0.3, 0.4) is 0 Å². The number of fused-ring (bicyclic) bond motifs is 1. The van der Waals surface area contributed by atoms with E-state index in [1.54, 1.807) is 0 Å². The summed E-state index contributed by atoms with van der Waals surface area (Å²) in [5.74, 6) is -4.65. The lowest BCUT2D eigenvalue weighted by atomic mass is 9.99. The van der Waals surface area contributed by atoms with Crippen LogP contribution in [0.5, 0.6) is 5.75 Å². The van der Waals surface area contributed by atoms with Gasteiger partial charge in [-0.3, -0.25) is 9.69 Å². The van der Waals surface area contributed by atoms with Gasteiger partial charge in [0.05, 0.1) is 5.69 Å². The number of likely N-dealkylation sites (tertiary alicyclic amines) is 1. The fourth-order valence-corrected chi connectivity index (χ4v) is 4.03. The fourth-order valence-electron chi connectivity index (χ4n) is 4.03. The molecule has 1 saturated heterocycles. The van der Waals surface area contributed by atoms with Gasteiger partial charge in [0.25, 0.3) is 5.56 Å². The number of halogens is 3. The maximum atomic E-state index is 12.2. The standard InChI is InChI=1S/C21H23N3O4.C2HF3O2/c1-2-15-18(23-20(26)17(19(15)25)21(27)28)12-5-6-16-13(9-12)10-14(22-16)11-24-7-3-4-8-24;3-2(4,5)1(6)7/h5-6,9-10,22H,2-4,7-8,11H2,1H3,(H,27,28)(H2,23,25,26);(H,6,7). The first-order valence-electron chi connectivity index (χ1n) is 10.8. The lowest BCUT2D eigenvalue weighted by molar-refractivity contribution is -0.192. The minimum atomic E-state index is -5.08. The molecule has 0 spiro atoms. The Morgan fingerprint density at radius 2 is 1.71 bits per heavy atom. The highest BCUT2D eigenvalue weighted by atomic mass is 19.4. The molecular formula is C23H24F3N3O6. The van der Waals surface area contributed by atoms with E-state index >= 15 is 0 Å². The number of carbonyl (C=O) groups is 2. The van der Waals surface area contributed by atoms with Crippen molar-refractivity contribution in [2.45, 2.75) is 38.9 Å². The molecule has 0 unspecified atom stereocenters. The zero-order valence-electron chi connectivity index (χ0n) is 18.7. The largest absolute Gasteiger partial charge is 0.506 e. The first-order chi connectivity index (χ1) is 16.4. The molecule has 0 radical (unpaired) electrons. The quantitative estimate of drug-likeness (QED) is 0.363. The van der Waals surface area contributed by atoms with Crippen molar-refractivity contribution in [1.82, 2.24) is 14.9 Å². The molecule has 0 bridgehead atoms. The van der Waals surface area contributed by atoms with Crippen molar-refractivity contribution in [2.24, 2.45) is 0 Å². The van der Waals surface area contributed by atoms with Gasteiger partial charge in [-0.15, -0.1) is 0 Å². The number of nitrogens with zero attached hydrogens (tertiary/aromatic N) is 1. The third-order valence-corrected chi connectivity index (χ3v) is 5.66. The van der Waals surface area contributed by atoms with E-state index in [1.165, 1.54) is 12.8 Å². The molecule has 0 atom stereocenters. The number of carboxylic acids is 2. The Hall–Kier alpha value is -3.80. The highest BCUT2D eigenvalue weighted by Crippen LogP contribution is 2.32. The summed E-state index contributed by atoms with van der Waals surface area (Å²) in [5.41, 5.74) is 2.34. The summed E-state index contributed by atoms with van der Waals surface area (Å²) in [7, 11) is 0.